The van der Waals surface area contributed by atoms with Crippen LogP contribution in [0.1, 0.15) is 58.8 Å². The number of hydrogen-bond donors (Lipinski definition) is 1. The Morgan fingerprint density at radius 2 is 1.73 bits per heavy atom. The van der Waals surface area contributed by atoms with Crippen LogP contribution in [-0.2, 0) is 28.5 Å². The first kappa shape index (κ1) is 18.4. The van der Waals surface area contributed by atoms with Crippen LogP contribution in [0.25, 0.3) is 0 Å². The molecule has 7 nitrogen and oxygen atoms in total. The summed E-state index contributed by atoms with van der Waals surface area (Å²) in [6.07, 6.45) is 6.01. The highest BCUT2D eigenvalue weighted by molar-refractivity contribution is 5.74. The van der Waals surface area contributed by atoms with Crippen molar-refractivity contribution in [3.63, 3.8) is 0 Å². The smallest absolute Gasteiger partial charge is 0.309 e. The van der Waals surface area contributed by atoms with E-state index in [1.807, 2.05) is 6.92 Å². The van der Waals surface area contributed by atoms with Gasteiger partial charge in [0, 0.05) is 19.3 Å². The van der Waals surface area contributed by atoms with E-state index < -0.39 is 34.7 Å². The molecule has 7 aliphatic carbocycles. The van der Waals surface area contributed by atoms with Crippen molar-refractivity contribution in [2.24, 2.45) is 40.9 Å². The number of hydrogen-bond acceptors (Lipinski definition) is 7. The summed E-state index contributed by atoms with van der Waals surface area (Å²) < 4.78 is 23.9. The molecule has 1 N–H and O–H groups in total. The molecule has 6 atom stereocenters. The second-order valence-corrected chi connectivity index (χ2v) is 11.6. The van der Waals surface area contributed by atoms with Gasteiger partial charge < -0.3 is 24.1 Å². The van der Waals surface area contributed by atoms with Gasteiger partial charge in [0.15, 0.2) is 6.29 Å². The molecule has 3 heterocycles. The van der Waals surface area contributed by atoms with E-state index in [0.29, 0.717) is 24.7 Å². The highest BCUT2D eigenvalue weighted by Crippen LogP contribution is 2.81. The van der Waals surface area contributed by atoms with Crippen molar-refractivity contribution in [3.8, 4) is 0 Å². The van der Waals surface area contributed by atoms with E-state index in [2.05, 4.69) is 0 Å². The number of carbonyl (C=O) groups is 2. The molecule has 30 heavy (non-hydrogen) atoms. The predicted molar refractivity (Wildman–Crippen MR) is 100 cm³/mol. The monoisotopic (exact) mass is 418 g/mol. The average molecular weight is 418 g/mol. The molecule has 3 saturated heterocycles. The summed E-state index contributed by atoms with van der Waals surface area (Å²) in [4.78, 5) is 25.1. The van der Waals surface area contributed by atoms with Gasteiger partial charge in [-0.05, 0) is 69.1 Å². The summed E-state index contributed by atoms with van der Waals surface area (Å²) in [5, 5.41) is 11.6. The van der Waals surface area contributed by atoms with Crippen LogP contribution in [0.5, 0.6) is 0 Å². The zero-order valence-electron chi connectivity index (χ0n) is 17.6. The zero-order valence-corrected chi connectivity index (χ0v) is 17.6. The van der Waals surface area contributed by atoms with Gasteiger partial charge in [0.25, 0.3) is 0 Å². The van der Waals surface area contributed by atoms with Gasteiger partial charge in [-0.1, -0.05) is 0 Å². The Morgan fingerprint density at radius 1 is 1.07 bits per heavy atom. The van der Waals surface area contributed by atoms with Crippen molar-refractivity contribution >= 4 is 11.9 Å². The number of carbonyl (C=O) groups excluding carboxylic acids is 2. The molecule has 0 aromatic rings. The SMILES string of the molecule is CC(=O)OC12CC3(C)OC(O1)C1(COC(=O)C4C5CC6CC(C5)CC4C6)C2CC31O. The van der Waals surface area contributed by atoms with Crippen molar-refractivity contribution in [3.05, 3.63) is 0 Å². The average Bonchev–Trinajstić information content (AvgIpc) is 2.83. The second kappa shape index (κ2) is 5.24. The van der Waals surface area contributed by atoms with Crippen LogP contribution in [-0.4, -0.2) is 46.9 Å². The van der Waals surface area contributed by atoms with Gasteiger partial charge in [-0.15, -0.1) is 0 Å². The van der Waals surface area contributed by atoms with Crippen molar-refractivity contribution in [1.82, 2.24) is 0 Å². The lowest BCUT2D eigenvalue weighted by atomic mass is 9.41. The Kier molecular flexibility index (Phi) is 3.21. The van der Waals surface area contributed by atoms with Crippen LogP contribution in [0, 0.1) is 40.9 Å². The molecule has 10 rings (SSSR count). The quantitative estimate of drug-likeness (QED) is 0.700. The summed E-state index contributed by atoms with van der Waals surface area (Å²) in [5.74, 6) is 0.695. The van der Waals surface area contributed by atoms with Crippen LogP contribution in [0.15, 0.2) is 0 Å². The van der Waals surface area contributed by atoms with Crippen LogP contribution < -0.4 is 0 Å². The largest absolute Gasteiger partial charge is 0.465 e. The second-order valence-electron chi connectivity index (χ2n) is 11.6. The van der Waals surface area contributed by atoms with Gasteiger partial charge in [-0.2, -0.15) is 0 Å². The predicted octanol–water partition coefficient (Wildman–Crippen LogP) is 2.15. The molecule has 0 aromatic carbocycles. The van der Waals surface area contributed by atoms with Crippen molar-refractivity contribution < 1.29 is 33.6 Å². The molecular weight excluding hydrogens is 388 g/mol. The summed E-state index contributed by atoms with van der Waals surface area (Å²) in [7, 11) is 0. The molecule has 7 heteroatoms. The third kappa shape index (κ3) is 1.83. The Bertz CT molecular complexity index is 828. The third-order valence-electron chi connectivity index (χ3n) is 10.2. The lowest BCUT2D eigenvalue weighted by Crippen LogP contribution is -2.79. The molecule has 3 aliphatic heterocycles. The van der Waals surface area contributed by atoms with E-state index in [0.717, 1.165) is 37.5 Å². The maximum Gasteiger partial charge on any atom is 0.309 e. The van der Waals surface area contributed by atoms with E-state index in [9.17, 15) is 14.7 Å². The lowest BCUT2D eigenvalue weighted by molar-refractivity contribution is -0.385. The Hall–Kier alpha value is -1.18. The van der Waals surface area contributed by atoms with Crippen molar-refractivity contribution in [2.45, 2.75) is 82.1 Å². The van der Waals surface area contributed by atoms with E-state index in [1.165, 1.54) is 13.3 Å². The minimum absolute atomic E-state index is 0.00388. The molecule has 10 fully saturated rings. The minimum Gasteiger partial charge on any atom is -0.465 e. The molecule has 10 bridgehead atoms. The molecule has 0 aromatic heterocycles. The summed E-state index contributed by atoms with van der Waals surface area (Å²) in [6, 6.07) is 0. The first-order chi connectivity index (χ1) is 14.2. The van der Waals surface area contributed by atoms with E-state index in [4.69, 9.17) is 18.9 Å². The third-order valence-corrected chi connectivity index (χ3v) is 10.2. The van der Waals surface area contributed by atoms with E-state index >= 15 is 0 Å². The van der Waals surface area contributed by atoms with Gasteiger partial charge in [0.2, 0.25) is 5.79 Å². The summed E-state index contributed by atoms with van der Waals surface area (Å²) >= 11 is 0. The molecular formula is C23H30O7. The van der Waals surface area contributed by atoms with Gasteiger partial charge in [-0.25, -0.2) is 0 Å². The Balaban J connectivity index is 1.15. The fourth-order valence-corrected chi connectivity index (χ4v) is 9.35. The Morgan fingerprint density at radius 3 is 2.37 bits per heavy atom. The fraction of sp³-hybridized carbons (Fsp3) is 0.913. The molecule has 0 amide bonds. The van der Waals surface area contributed by atoms with Gasteiger partial charge >= 0.3 is 11.9 Å². The van der Waals surface area contributed by atoms with Crippen LogP contribution in [0.3, 0.4) is 0 Å². The minimum atomic E-state index is -1.13. The maximum atomic E-state index is 13.3. The molecule has 6 unspecified atom stereocenters. The van der Waals surface area contributed by atoms with E-state index in [1.54, 1.807) is 0 Å². The van der Waals surface area contributed by atoms with Crippen LogP contribution >= 0.6 is 0 Å². The topological polar surface area (TPSA) is 91.3 Å². The van der Waals surface area contributed by atoms with Crippen molar-refractivity contribution in [2.75, 3.05) is 6.61 Å². The molecule has 7 saturated carbocycles. The highest BCUT2D eigenvalue weighted by Gasteiger charge is 2.94. The summed E-state index contributed by atoms with van der Waals surface area (Å²) in [6.45, 7) is 3.30. The van der Waals surface area contributed by atoms with Crippen LogP contribution in [0.4, 0.5) is 0 Å². The fourth-order valence-electron chi connectivity index (χ4n) is 9.35. The zero-order chi connectivity index (χ0) is 20.7. The number of ether oxygens (including phenoxy) is 4. The molecule has 10 aliphatic rings. The summed E-state index contributed by atoms with van der Waals surface area (Å²) in [5.41, 5.74) is -2.84. The standard InChI is InChI=1S/C23H30O7/c1-11(24)28-22-9-20(2)23(26)8-16(22)21(23,19(29-20)30-22)10-27-18(25)17-14-4-12-3-13(6-14)7-15(17)5-12/h12-17,19,26H,3-10H2,1-2H3. The van der Waals surface area contributed by atoms with Crippen molar-refractivity contribution in [1.29, 1.82) is 0 Å². The number of rotatable bonds is 4. The number of aliphatic hydroxyl groups is 1. The molecule has 0 radical (unpaired) electrons. The first-order valence-corrected chi connectivity index (χ1v) is 11.6. The maximum absolute atomic E-state index is 13.3. The molecule has 0 spiro atoms. The van der Waals surface area contributed by atoms with Crippen LogP contribution in [0.2, 0.25) is 0 Å². The normalized spacial score (nSPS) is 60.6. The van der Waals surface area contributed by atoms with E-state index in [-0.39, 0.29) is 24.4 Å². The van der Waals surface area contributed by atoms with Gasteiger partial charge in [0.1, 0.15) is 17.8 Å². The van der Waals surface area contributed by atoms with Gasteiger partial charge in [0.05, 0.1) is 11.3 Å². The highest BCUT2D eigenvalue weighted by atomic mass is 16.8. The first-order valence-electron chi connectivity index (χ1n) is 11.6. The molecule has 164 valence electrons. The Labute approximate surface area is 175 Å². The number of esters is 2. The van der Waals surface area contributed by atoms with Gasteiger partial charge in [-0.3, -0.25) is 9.59 Å². The lowest BCUT2D eigenvalue weighted by Gasteiger charge is -2.65.